The van der Waals surface area contributed by atoms with E-state index in [0.717, 1.165) is 39.4 Å². The molecule has 0 saturated carbocycles. The van der Waals surface area contributed by atoms with Crippen LogP contribution in [0.15, 0.2) is 18.7 Å². The number of imidazole rings is 1. The fraction of sp³-hybridized carbons (Fsp3) is 0.500. The standard InChI is InChI=1S/C12H18N8O/c13-10-16-11(15-2-3-19-5-7-21-8-6-19)18-12(17-10)20-4-1-14-9-20/h1,4,9H,2-3,5-8H2,(H3,13,15,16,17,18). The van der Waals surface area contributed by atoms with Crippen molar-refractivity contribution in [1.82, 2.24) is 29.4 Å². The number of ether oxygens (including phenoxy) is 1. The van der Waals surface area contributed by atoms with Crippen LogP contribution in [0.3, 0.4) is 0 Å². The number of nitrogen functional groups attached to an aromatic ring is 1. The smallest absolute Gasteiger partial charge is 0.241 e. The molecule has 0 spiro atoms. The summed E-state index contributed by atoms with van der Waals surface area (Å²) in [5.74, 6) is 1.11. The van der Waals surface area contributed by atoms with Crippen molar-refractivity contribution in [1.29, 1.82) is 0 Å². The molecular weight excluding hydrogens is 272 g/mol. The molecule has 2 aromatic heterocycles. The van der Waals surface area contributed by atoms with Gasteiger partial charge < -0.3 is 15.8 Å². The van der Waals surface area contributed by atoms with E-state index in [1.54, 1.807) is 23.3 Å². The van der Waals surface area contributed by atoms with E-state index < -0.39 is 0 Å². The summed E-state index contributed by atoms with van der Waals surface area (Å²) in [4.78, 5) is 18.8. The number of nitrogens with two attached hydrogens (primary N) is 1. The van der Waals surface area contributed by atoms with Gasteiger partial charge in [0.25, 0.3) is 0 Å². The zero-order chi connectivity index (χ0) is 14.5. The normalized spacial score (nSPS) is 16.0. The van der Waals surface area contributed by atoms with Gasteiger partial charge in [0.1, 0.15) is 6.33 Å². The molecule has 0 atom stereocenters. The minimum Gasteiger partial charge on any atom is -0.379 e. The number of morpholine rings is 1. The third-order valence-electron chi connectivity index (χ3n) is 3.19. The molecule has 0 amide bonds. The fourth-order valence-electron chi connectivity index (χ4n) is 2.10. The van der Waals surface area contributed by atoms with Crippen molar-refractivity contribution in [3.8, 4) is 5.95 Å². The maximum atomic E-state index is 5.72. The van der Waals surface area contributed by atoms with Gasteiger partial charge in [-0.2, -0.15) is 15.0 Å². The van der Waals surface area contributed by atoms with E-state index in [2.05, 4.69) is 30.2 Å². The van der Waals surface area contributed by atoms with Gasteiger partial charge in [-0.25, -0.2) is 4.98 Å². The number of nitrogens with one attached hydrogen (secondary N) is 1. The molecule has 1 aliphatic rings. The first-order valence-corrected chi connectivity index (χ1v) is 6.85. The van der Waals surface area contributed by atoms with Gasteiger partial charge in [0.2, 0.25) is 17.8 Å². The average Bonchev–Trinajstić information content (AvgIpc) is 3.02. The summed E-state index contributed by atoms with van der Waals surface area (Å²) < 4.78 is 7.00. The van der Waals surface area contributed by atoms with Gasteiger partial charge in [-0.05, 0) is 0 Å². The molecule has 0 unspecified atom stereocenters. The SMILES string of the molecule is Nc1nc(NCCN2CCOCC2)nc(-n2ccnc2)n1. The van der Waals surface area contributed by atoms with Crippen LogP contribution in [0.1, 0.15) is 0 Å². The molecule has 2 aromatic rings. The van der Waals surface area contributed by atoms with Gasteiger partial charge in [-0.15, -0.1) is 0 Å². The molecule has 3 rings (SSSR count). The molecule has 9 heteroatoms. The number of rotatable bonds is 5. The summed E-state index contributed by atoms with van der Waals surface area (Å²) >= 11 is 0. The lowest BCUT2D eigenvalue weighted by Crippen LogP contribution is -2.39. The van der Waals surface area contributed by atoms with Gasteiger partial charge in [0, 0.05) is 38.6 Å². The number of anilines is 2. The number of aromatic nitrogens is 5. The molecule has 0 aromatic carbocycles. The molecule has 9 nitrogen and oxygen atoms in total. The molecule has 3 heterocycles. The number of nitrogens with zero attached hydrogens (tertiary/aromatic N) is 6. The molecule has 3 N–H and O–H groups in total. The molecule has 0 bridgehead atoms. The van der Waals surface area contributed by atoms with Gasteiger partial charge in [0.05, 0.1) is 13.2 Å². The van der Waals surface area contributed by atoms with Crippen LogP contribution in [0.25, 0.3) is 5.95 Å². The van der Waals surface area contributed by atoms with Gasteiger partial charge >= 0.3 is 0 Å². The molecule has 1 saturated heterocycles. The highest BCUT2D eigenvalue weighted by atomic mass is 16.5. The second-order valence-electron chi connectivity index (χ2n) is 4.67. The fourth-order valence-corrected chi connectivity index (χ4v) is 2.10. The predicted octanol–water partition coefficient (Wildman–Crippen LogP) is -0.616. The lowest BCUT2D eigenvalue weighted by atomic mass is 10.4. The van der Waals surface area contributed by atoms with Crippen LogP contribution in [0.4, 0.5) is 11.9 Å². The highest BCUT2D eigenvalue weighted by Gasteiger charge is 2.10. The van der Waals surface area contributed by atoms with E-state index in [9.17, 15) is 0 Å². The largest absolute Gasteiger partial charge is 0.379 e. The van der Waals surface area contributed by atoms with Gasteiger partial charge in [0.15, 0.2) is 0 Å². The van der Waals surface area contributed by atoms with Crippen LogP contribution in [-0.4, -0.2) is 68.8 Å². The molecule has 0 aliphatic carbocycles. The monoisotopic (exact) mass is 290 g/mol. The average molecular weight is 290 g/mol. The van der Waals surface area contributed by atoms with Crippen molar-refractivity contribution < 1.29 is 4.74 Å². The van der Waals surface area contributed by atoms with Crippen LogP contribution < -0.4 is 11.1 Å². The lowest BCUT2D eigenvalue weighted by Gasteiger charge is -2.26. The van der Waals surface area contributed by atoms with Crippen LogP contribution in [0.2, 0.25) is 0 Å². The summed E-state index contributed by atoms with van der Waals surface area (Å²) in [7, 11) is 0. The predicted molar refractivity (Wildman–Crippen MR) is 77.1 cm³/mol. The first-order valence-electron chi connectivity index (χ1n) is 6.85. The van der Waals surface area contributed by atoms with Crippen molar-refractivity contribution in [3.05, 3.63) is 18.7 Å². The second kappa shape index (κ2) is 6.46. The molecule has 112 valence electrons. The Kier molecular flexibility index (Phi) is 4.22. The molecule has 21 heavy (non-hydrogen) atoms. The quantitative estimate of drug-likeness (QED) is 0.750. The van der Waals surface area contributed by atoms with Crippen LogP contribution >= 0.6 is 0 Å². The number of hydrogen-bond donors (Lipinski definition) is 2. The Morgan fingerprint density at radius 2 is 2.10 bits per heavy atom. The topological polar surface area (TPSA) is 107 Å². The number of hydrogen-bond acceptors (Lipinski definition) is 8. The summed E-state index contributed by atoms with van der Waals surface area (Å²) in [6, 6.07) is 0. The highest BCUT2D eigenvalue weighted by Crippen LogP contribution is 2.06. The van der Waals surface area contributed by atoms with Gasteiger partial charge in [-0.3, -0.25) is 9.47 Å². The van der Waals surface area contributed by atoms with Crippen molar-refractivity contribution in [2.75, 3.05) is 50.4 Å². The Labute approximate surface area is 122 Å². The van der Waals surface area contributed by atoms with Crippen molar-refractivity contribution in [2.24, 2.45) is 0 Å². The molecule has 0 radical (unpaired) electrons. The minimum absolute atomic E-state index is 0.183. The Morgan fingerprint density at radius 3 is 2.86 bits per heavy atom. The lowest BCUT2D eigenvalue weighted by molar-refractivity contribution is 0.0398. The van der Waals surface area contributed by atoms with Crippen LogP contribution in [0.5, 0.6) is 0 Å². The molecule has 1 aliphatic heterocycles. The third-order valence-corrected chi connectivity index (χ3v) is 3.19. The Morgan fingerprint density at radius 1 is 1.24 bits per heavy atom. The summed E-state index contributed by atoms with van der Waals surface area (Å²) in [6.45, 7) is 5.16. The van der Waals surface area contributed by atoms with Gasteiger partial charge in [-0.1, -0.05) is 0 Å². The first kappa shape index (κ1) is 13.7. The zero-order valence-electron chi connectivity index (χ0n) is 11.6. The maximum absolute atomic E-state index is 5.72. The van der Waals surface area contributed by atoms with E-state index in [-0.39, 0.29) is 5.95 Å². The van der Waals surface area contributed by atoms with E-state index >= 15 is 0 Å². The van der Waals surface area contributed by atoms with Crippen molar-refractivity contribution >= 4 is 11.9 Å². The summed E-state index contributed by atoms with van der Waals surface area (Å²) in [5.41, 5.74) is 5.72. The van der Waals surface area contributed by atoms with E-state index in [4.69, 9.17) is 10.5 Å². The Hall–Kier alpha value is -2.26. The minimum atomic E-state index is 0.183. The van der Waals surface area contributed by atoms with E-state index in [1.807, 2.05) is 0 Å². The van der Waals surface area contributed by atoms with E-state index in [0.29, 0.717) is 11.9 Å². The zero-order valence-corrected chi connectivity index (χ0v) is 11.6. The third kappa shape index (κ3) is 3.64. The Balaban J connectivity index is 1.60. The van der Waals surface area contributed by atoms with Crippen molar-refractivity contribution in [3.63, 3.8) is 0 Å². The highest BCUT2D eigenvalue weighted by molar-refractivity contribution is 5.35. The van der Waals surface area contributed by atoms with E-state index in [1.165, 1.54) is 0 Å². The van der Waals surface area contributed by atoms with Crippen LogP contribution in [-0.2, 0) is 4.74 Å². The second-order valence-corrected chi connectivity index (χ2v) is 4.67. The molecule has 1 fully saturated rings. The van der Waals surface area contributed by atoms with Crippen molar-refractivity contribution in [2.45, 2.75) is 0 Å². The first-order chi connectivity index (χ1) is 10.3. The summed E-state index contributed by atoms with van der Waals surface area (Å²) in [5, 5.41) is 3.18. The molecular formula is C12H18N8O. The Bertz CT molecular complexity index is 567. The van der Waals surface area contributed by atoms with Crippen LogP contribution in [0, 0.1) is 0 Å². The maximum Gasteiger partial charge on any atom is 0.241 e. The summed E-state index contributed by atoms with van der Waals surface area (Å²) in [6.07, 6.45) is 5.03.